The van der Waals surface area contributed by atoms with Gasteiger partial charge in [0.25, 0.3) is 0 Å². The van der Waals surface area contributed by atoms with Crippen LogP contribution in [-0.2, 0) is 13.0 Å². The molecule has 0 aromatic carbocycles. The van der Waals surface area contributed by atoms with E-state index in [0.29, 0.717) is 6.04 Å². The standard InChI is InChI=1S/C15H19N3O/c1-2-13-10-15(19-17-13)14-4-3-9-18(14)11-12-5-7-16-8-6-12/h5-8,10,14H,2-4,9,11H2,1H3/t14-/m1/s1. The van der Waals surface area contributed by atoms with Crippen LogP contribution in [0.4, 0.5) is 0 Å². The maximum Gasteiger partial charge on any atom is 0.154 e. The van der Waals surface area contributed by atoms with E-state index in [4.69, 9.17) is 4.52 Å². The first-order chi connectivity index (χ1) is 9.36. The van der Waals surface area contributed by atoms with Crippen LogP contribution in [0.3, 0.4) is 0 Å². The first-order valence-electron chi connectivity index (χ1n) is 6.95. The lowest BCUT2D eigenvalue weighted by molar-refractivity contribution is 0.206. The lowest BCUT2D eigenvalue weighted by Gasteiger charge is -2.22. The van der Waals surface area contributed by atoms with E-state index in [1.54, 1.807) is 0 Å². The number of rotatable bonds is 4. The molecule has 0 radical (unpaired) electrons. The molecule has 4 nitrogen and oxygen atoms in total. The quantitative estimate of drug-likeness (QED) is 0.844. The monoisotopic (exact) mass is 257 g/mol. The van der Waals surface area contributed by atoms with Crippen molar-refractivity contribution in [1.82, 2.24) is 15.0 Å². The first kappa shape index (κ1) is 12.4. The molecule has 1 saturated heterocycles. The number of hydrogen-bond donors (Lipinski definition) is 0. The maximum atomic E-state index is 5.50. The molecule has 0 saturated carbocycles. The predicted octanol–water partition coefficient (Wildman–Crippen LogP) is 2.97. The van der Waals surface area contributed by atoms with Gasteiger partial charge in [-0.05, 0) is 43.5 Å². The van der Waals surface area contributed by atoms with Crippen molar-refractivity contribution in [3.63, 3.8) is 0 Å². The Labute approximate surface area is 113 Å². The first-order valence-corrected chi connectivity index (χ1v) is 6.95. The summed E-state index contributed by atoms with van der Waals surface area (Å²) in [5.74, 6) is 1.02. The van der Waals surface area contributed by atoms with Gasteiger partial charge in [0.1, 0.15) is 0 Å². The summed E-state index contributed by atoms with van der Waals surface area (Å²) in [4.78, 5) is 6.53. The fourth-order valence-corrected chi connectivity index (χ4v) is 2.71. The minimum atomic E-state index is 0.376. The Kier molecular flexibility index (Phi) is 3.60. The molecule has 1 aliphatic heterocycles. The van der Waals surface area contributed by atoms with Crippen molar-refractivity contribution in [3.05, 3.63) is 47.6 Å². The third-order valence-corrected chi connectivity index (χ3v) is 3.77. The Hall–Kier alpha value is -1.68. The van der Waals surface area contributed by atoms with E-state index in [1.807, 2.05) is 12.4 Å². The molecule has 2 aromatic rings. The number of pyridine rings is 1. The average molecular weight is 257 g/mol. The average Bonchev–Trinajstić information content (AvgIpc) is 3.08. The van der Waals surface area contributed by atoms with Crippen LogP contribution in [0.15, 0.2) is 35.1 Å². The van der Waals surface area contributed by atoms with Crippen molar-refractivity contribution in [3.8, 4) is 0 Å². The van der Waals surface area contributed by atoms with Crippen molar-refractivity contribution >= 4 is 0 Å². The molecular weight excluding hydrogens is 238 g/mol. The molecule has 0 spiro atoms. The fourth-order valence-electron chi connectivity index (χ4n) is 2.71. The Bertz CT molecular complexity index is 523. The molecular formula is C15H19N3O. The number of aromatic nitrogens is 2. The highest BCUT2D eigenvalue weighted by Gasteiger charge is 2.29. The van der Waals surface area contributed by atoms with Crippen LogP contribution in [0.1, 0.15) is 42.8 Å². The van der Waals surface area contributed by atoms with Crippen LogP contribution in [0.25, 0.3) is 0 Å². The smallest absolute Gasteiger partial charge is 0.154 e. The molecule has 100 valence electrons. The lowest BCUT2D eigenvalue weighted by atomic mass is 10.1. The highest BCUT2D eigenvalue weighted by atomic mass is 16.5. The van der Waals surface area contributed by atoms with E-state index >= 15 is 0 Å². The highest BCUT2D eigenvalue weighted by molar-refractivity contribution is 5.14. The largest absolute Gasteiger partial charge is 0.359 e. The summed E-state index contributed by atoms with van der Waals surface area (Å²) >= 11 is 0. The van der Waals surface area contributed by atoms with Crippen molar-refractivity contribution < 1.29 is 4.52 Å². The second-order valence-electron chi connectivity index (χ2n) is 5.06. The van der Waals surface area contributed by atoms with E-state index in [9.17, 15) is 0 Å². The van der Waals surface area contributed by atoms with E-state index in [-0.39, 0.29) is 0 Å². The molecule has 0 N–H and O–H groups in total. The molecule has 1 fully saturated rings. The zero-order valence-corrected chi connectivity index (χ0v) is 11.2. The van der Waals surface area contributed by atoms with Crippen LogP contribution in [-0.4, -0.2) is 21.6 Å². The molecule has 3 rings (SSSR count). The summed E-state index contributed by atoms with van der Waals surface area (Å²) < 4.78 is 5.50. The molecule has 2 aromatic heterocycles. The van der Waals surface area contributed by atoms with Gasteiger partial charge in [-0.2, -0.15) is 0 Å². The molecule has 0 bridgehead atoms. The SMILES string of the molecule is CCc1cc([C@H]2CCCN2Cc2ccncc2)on1. The second kappa shape index (κ2) is 5.53. The van der Waals surface area contributed by atoms with Crippen LogP contribution < -0.4 is 0 Å². The van der Waals surface area contributed by atoms with E-state index in [2.05, 4.69) is 40.2 Å². The molecule has 4 heteroatoms. The van der Waals surface area contributed by atoms with Gasteiger partial charge in [0.2, 0.25) is 0 Å². The van der Waals surface area contributed by atoms with Crippen molar-refractivity contribution in [1.29, 1.82) is 0 Å². The summed E-state index contributed by atoms with van der Waals surface area (Å²) in [5, 5.41) is 4.11. The number of nitrogens with zero attached hydrogens (tertiary/aromatic N) is 3. The number of likely N-dealkylation sites (tertiary alicyclic amines) is 1. The Morgan fingerprint density at radius 2 is 2.21 bits per heavy atom. The fraction of sp³-hybridized carbons (Fsp3) is 0.467. The predicted molar refractivity (Wildman–Crippen MR) is 72.5 cm³/mol. The van der Waals surface area contributed by atoms with Crippen molar-refractivity contribution in [2.24, 2.45) is 0 Å². The van der Waals surface area contributed by atoms with E-state index in [1.165, 1.54) is 12.0 Å². The number of aryl methyl sites for hydroxylation is 1. The second-order valence-corrected chi connectivity index (χ2v) is 5.06. The molecule has 0 unspecified atom stereocenters. The van der Waals surface area contributed by atoms with Gasteiger partial charge in [0.05, 0.1) is 11.7 Å². The van der Waals surface area contributed by atoms with Gasteiger partial charge in [0, 0.05) is 25.0 Å². The van der Waals surface area contributed by atoms with Crippen molar-refractivity contribution in [2.75, 3.05) is 6.54 Å². The van der Waals surface area contributed by atoms with Gasteiger partial charge >= 0.3 is 0 Å². The molecule has 19 heavy (non-hydrogen) atoms. The van der Waals surface area contributed by atoms with Gasteiger partial charge in [-0.15, -0.1) is 0 Å². The third kappa shape index (κ3) is 2.68. The summed E-state index contributed by atoms with van der Waals surface area (Å²) in [6.45, 7) is 4.18. The van der Waals surface area contributed by atoms with Gasteiger partial charge in [-0.1, -0.05) is 12.1 Å². The topological polar surface area (TPSA) is 42.2 Å². The zero-order valence-electron chi connectivity index (χ0n) is 11.2. The third-order valence-electron chi connectivity index (χ3n) is 3.77. The van der Waals surface area contributed by atoms with Gasteiger partial charge in [0.15, 0.2) is 5.76 Å². The summed E-state index contributed by atoms with van der Waals surface area (Å²) in [6, 6.07) is 6.64. The Morgan fingerprint density at radius 3 is 2.95 bits per heavy atom. The summed E-state index contributed by atoms with van der Waals surface area (Å²) in [5.41, 5.74) is 2.35. The normalized spacial score (nSPS) is 19.9. The van der Waals surface area contributed by atoms with Gasteiger partial charge < -0.3 is 4.52 Å². The van der Waals surface area contributed by atoms with Crippen LogP contribution in [0, 0.1) is 0 Å². The highest BCUT2D eigenvalue weighted by Crippen LogP contribution is 2.33. The molecule has 3 heterocycles. The van der Waals surface area contributed by atoms with Gasteiger partial charge in [-0.25, -0.2) is 0 Å². The molecule has 0 aliphatic carbocycles. The summed E-state index contributed by atoms with van der Waals surface area (Å²) in [7, 11) is 0. The van der Waals surface area contributed by atoms with Gasteiger partial charge in [-0.3, -0.25) is 9.88 Å². The van der Waals surface area contributed by atoms with Crippen molar-refractivity contribution in [2.45, 2.75) is 38.8 Å². The van der Waals surface area contributed by atoms with Crippen LogP contribution in [0.5, 0.6) is 0 Å². The number of hydrogen-bond acceptors (Lipinski definition) is 4. The van der Waals surface area contributed by atoms with E-state index < -0.39 is 0 Å². The maximum absolute atomic E-state index is 5.50. The Morgan fingerprint density at radius 1 is 1.37 bits per heavy atom. The van der Waals surface area contributed by atoms with Crippen LogP contribution >= 0.6 is 0 Å². The molecule has 1 aliphatic rings. The lowest BCUT2D eigenvalue weighted by Crippen LogP contribution is -2.22. The van der Waals surface area contributed by atoms with Crippen LogP contribution in [0.2, 0.25) is 0 Å². The molecule has 0 amide bonds. The minimum absolute atomic E-state index is 0.376. The molecule has 1 atom stereocenters. The summed E-state index contributed by atoms with van der Waals surface area (Å²) in [6.07, 6.45) is 7.01. The Balaban J connectivity index is 1.74. The zero-order chi connectivity index (χ0) is 13.1. The minimum Gasteiger partial charge on any atom is -0.359 e. The van der Waals surface area contributed by atoms with E-state index in [0.717, 1.165) is 37.4 Å².